The van der Waals surface area contributed by atoms with Crippen LogP contribution in [0.15, 0.2) is 29.2 Å². The van der Waals surface area contributed by atoms with E-state index in [0.29, 0.717) is 31.8 Å². The molecule has 0 aromatic carbocycles. The molecule has 0 radical (unpaired) electrons. The maximum absolute atomic E-state index is 12.4. The van der Waals surface area contributed by atoms with Gasteiger partial charge >= 0.3 is 0 Å². The molecule has 1 fully saturated rings. The third-order valence-corrected chi connectivity index (χ3v) is 4.42. The van der Waals surface area contributed by atoms with Gasteiger partial charge in [-0.25, -0.2) is 4.98 Å². The minimum atomic E-state index is -0.278. The summed E-state index contributed by atoms with van der Waals surface area (Å²) in [5, 5.41) is 14.1. The number of nitrogens with zero attached hydrogens (tertiary/aromatic N) is 2. The molecule has 2 aromatic rings. The lowest BCUT2D eigenvalue weighted by Crippen LogP contribution is -2.50. The first-order valence-electron chi connectivity index (χ1n) is 7.69. The lowest BCUT2D eigenvalue weighted by atomic mass is 10.1. The van der Waals surface area contributed by atoms with Crippen molar-refractivity contribution in [2.75, 3.05) is 13.2 Å². The Kier molecular flexibility index (Phi) is 5.86. The Morgan fingerprint density at radius 2 is 2.42 bits per heavy atom. The molecule has 0 spiro atoms. The van der Waals surface area contributed by atoms with Crippen LogP contribution in [0.1, 0.15) is 28.2 Å². The predicted molar refractivity (Wildman–Crippen MR) is 87.5 cm³/mol. The molecule has 0 saturated carbocycles. The molecule has 7 nitrogen and oxygen atoms in total. The number of ether oxygens (including phenoxy) is 2. The van der Waals surface area contributed by atoms with Crippen molar-refractivity contribution in [1.82, 2.24) is 15.3 Å². The number of aliphatic hydroxyl groups is 1. The number of rotatable bonds is 6. The van der Waals surface area contributed by atoms with Gasteiger partial charge < -0.3 is 19.9 Å². The first-order valence-corrected chi connectivity index (χ1v) is 8.63. The molecular weight excluding hydrogens is 330 g/mol. The Balaban J connectivity index is 1.61. The largest absolute Gasteiger partial charge is 0.392 e. The molecule has 2 atom stereocenters. The van der Waals surface area contributed by atoms with E-state index in [0.717, 1.165) is 5.69 Å². The van der Waals surface area contributed by atoms with Crippen LogP contribution in [-0.4, -0.2) is 46.3 Å². The van der Waals surface area contributed by atoms with Crippen molar-refractivity contribution >= 4 is 17.2 Å². The van der Waals surface area contributed by atoms with E-state index in [1.807, 2.05) is 5.38 Å². The van der Waals surface area contributed by atoms with E-state index in [2.05, 4.69) is 15.3 Å². The van der Waals surface area contributed by atoms with E-state index in [1.165, 1.54) is 17.5 Å². The highest BCUT2D eigenvalue weighted by molar-refractivity contribution is 7.07. The van der Waals surface area contributed by atoms with Crippen molar-refractivity contribution in [2.45, 2.75) is 31.8 Å². The molecule has 0 unspecified atom stereocenters. The molecule has 3 rings (SSSR count). The van der Waals surface area contributed by atoms with E-state index < -0.39 is 0 Å². The summed E-state index contributed by atoms with van der Waals surface area (Å²) in [6, 6.07) is 3.11. The fourth-order valence-electron chi connectivity index (χ4n) is 2.48. The first kappa shape index (κ1) is 17.0. The van der Waals surface area contributed by atoms with Crippen molar-refractivity contribution in [3.63, 3.8) is 0 Å². The van der Waals surface area contributed by atoms with Crippen LogP contribution in [0, 0.1) is 0 Å². The van der Waals surface area contributed by atoms with E-state index in [9.17, 15) is 4.79 Å². The van der Waals surface area contributed by atoms with E-state index in [4.69, 9.17) is 14.6 Å². The molecule has 1 amide bonds. The highest BCUT2D eigenvalue weighted by atomic mass is 32.1. The zero-order valence-corrected chi connectivity index (χ0v) is 13.9. The third-order valence-electron chi connectivity index (χ3n) is 3.79. The van der Waals surface area contributed by atoms with Crippen molar-refractivity contribution in [3.05, 3.63) is 46.2 Å². The summed E-state index contributed by atoms with van der Waals surface area (Å²) in [4.78, 5) is 20.6. The number of carbonyl (C=O) groups excluding carboxylic acids is 1. The van der Waals surface area contributed by atoms with Crippen LogP contribution in [0.5, 0.6) is 0 Å². The summed E-state index contributed by atoms with van der Waals surface area (Å²) < 4.78 is 11.3. The summed E-state index contributed by atoms with van der Waals surface area (Å²) in [7, 11) is 0. The average molecular weight is 349 g/mol. The standard InChI is InChI=1S/C16H19N3O4S/c20-6-11-1-3-17-14(5-11)16(21)19-13-2-4-22-8-15(13)23-7-12-9-24-10-18-12/h1,3,5,9-10,13,15,20H,2,4,6-8H2,(H,19,21)/t13-,15-/m1/s1. The molecule has 1 aliphatic rings. The van der Waals surface area contributed by atoms with Gasteiger partial charge in [0.1, 0.15) is 11.8 Å². The molecule has 8 heteroatoms. The van der Waals surface area contributed by atoms with E-state index >= 15 is 0 Å². The highest BCUT2D eigenvalue weighted by Crippen LogP contribution is 2.15. The van der Waals surface area contributed by atoms with Gasteiger partial charge in [0.15, 0.2) is 0 Å². The van der Waals surface area contributed by atoms with Gasteiger partial charge in [0.25, 0.3) is 5.91 Å². The van der Waals surface area contributed by atoms with E-state index in [1.54, 1.807) is 17.6 Å². The number of hydrogen-bond acceptors (Lipinski definition) is 7. The zero-order chi connectivity index (χ0) is 16.8. The minimum Gasteiger partial charge on any atom is -0.392 e. The van der Waals surface area contributed by atoms with Crippen LogP contribution >= 0.6 is 11.3 Å². The SMILES string of the molecule is O=C(N[C@@H]1CCOC[C@H]1OCc1cscn1)c1cc(CO)ccn1. The van der Waals surface area contributed by atoms with Crippen LogP contribution in [0.4, 0.5) is 0 Å². The average Bonchev–Trinajstić information content (AvgIpc) is 3.14. The number of amides is 1. The van der Waals surface area contributed by atoms with Gasteiger partial charge in [-0.2, -0.15) is 0 Å². The molecule has 2 aromatic heterocycles. The van der Waals surface area contributed by atoms with Crippen LogP contribution in [0.2, 0.25) is 0 Å². The van der Waals surface area contributed by atoms with Crippen LogP contribution in [0.25, 0.3) is 0 Å². The zero-order valence-electron chi connectivity index (χ0n) is 13.1. The maximum Gasteiger partial charge on any atom is 0.270 e. The highest BCUT2D eigenvalue weighted by Gasteiger charge is 2.28. The number of nitrogens with one attached hydrogen (secondary N) is 1. The number of aromatic nitrogens is 2. The lowest BCUT2D eigenvalue weighted by Gasteiger charge is -2.31. The Hall–Kier alpha value is -1.87. The van der Waals surface area contributed by atoms with Gasteiger partial charge in [0, 0.05) is 18.2 Å². The third kappa shape index (κ3) is 4.35. The van der Waals surface area contributed by atoms with Crippen LogP contribution in [-0.2, 0) is 22.7 Å². The summed E-state index contributed by atoms with van der Waals surface area (Å²) >= 11 is 1.52. The van der Waals surface area contributed by atoms with Gasteiger partial charge in [0.05, 0.1) is 37.1 Å². The number of hydrogen-bond donors (Lipinski definition) is 2. The fraction of sp³-hybridized carbons (Fsp3) is 0.438. The van der Waals surface area contributed by atoms with Crippen molar-refractivity contribution in [1.29, 1.82) is 0 Å². The molecule has 0 aliphatic carbocycles. The molecule has 24 heavy (non-hydrogen) atoms. The second kappa shape index (κ2) is 8.29. The maximum atomic E-state index is 12.4. The van der Waals surface area contributed by atoms with Gasteiger partial charge in [-0.1, -0.05) is 0 Å². The fourth-order valence-corrected chi connectivity index (χ4v) is 3.02. The second-order valence-corrected chi connectivity index (χ2v) is 6.20. The van der Waals surface area contributed by atoms with Gasteiger partial charge in [-0.15, -0.1) is 11.3 Å². The molecule has 0 bridgehead atoms. The predicted octanol–water partition coefficient (Wildman–Crippen LogP) is 1.13. The normalized spacial score (nSPS) is 20.7. The summed E-state index contributed by atoms with van der Waals surface area (Å²) in [5.74, 6) is -0.278. The van der Waals surface area contributed by atoms with Gasteiger partial charge in [0.2, 0.25) is 0 Å². The molecular formula is C16H19N3O4S. The van der Waals surface area contributed by atoms with Crippen LogP contribution < -0.4 is 5.32 Å². The lowest BCUT2D eigenvalue weighted by molar-refractivity contribution is -0.0742. The Morgan fingerprint density at radius 1 is 1.50 bits per heavy atom. The number of carbonyl (C=O) groups is 1. The Labute approximate surface area is 143 Å². The topological polar surface area (TPSA) is 93.6 Å². The summed E-state index contributed by atoms with van der Waals surface area (Å²) in [6.45, 7) is 1.27. The number of thiazole rings is 1. The summed E-state index contributed by atoms with van der Waals surface area (Å²) in [5.41, 5.74) is 3.56. The van der Waals surface area contributed by atoms with Crippen LogP contribution in [0.3, 0.4) is 0 Å². The Morgan fingerprint density at radius 3 is 3.21 bits per heavy atom. The first-order chi connectivity index (χ1) is 11.8. The van der Waals surface area contributed by atoms with Gasteiger partial charge in [-0.3, -0.25) is 9.78 Å². The molecule has 2 N–H and O–H groups in total. The monoisotopic (exact) mass is 349 g/mol. The Bertz CT molecular complexity index is 665. The molecule has 128 valence electrons. The van der Waals surface area contributed by atoms with Crippen molar-refractivity contribution < 1.29 is 19.4 Å². The number of aliphatic hydroxyl groups excluding tert-OH is 1. The molecule has 1 saturated heterocycles. The summed E-state index contributed by atoms with van der Waals surface area (Å²) in [6.07, 6.45) is 1.96. The second-order valence-electron chi connectivity index (χ2n) is 5.48. The minimum absolute atomic E-state index is 0.126. The molecule has 1 aliphatic heterocycles. The van der Waals surface area contributed by atoms with E-state index in [-0.39, 0.29) is 30.4 Å². The van der Waals surface area contributed by atoms with Crippen molar-refractivity contribution in [3.8, 4) is 0 Å². The molecule has 3 heterocycles. The quantitative estimate of drug-likeness (QED) is 0.812. The smallest absolute Gasteiger partial charge is 0.270 e. The van der Waals surface area contributed by atoms with Crippen molar-refractivity contribution in [2.24, 2.45) is 0 Å². The number of pyridine rings is 1. The van der Waals surface area contributed by atoms with Gasteiger partial charge in [-0.05, 0) is 24.1 Å².